The molecule has 1 heterocycles. The first kappa shape index (κ1) is 16.3. The molecule has 1 aromatic carbocycles. The van der Waals surface area contributed by atoms with Gasteiger partial charge >= 0.3 is 0 Å². The zero-order valence-electron chi connectivity index (χ0n) is 12.4. The van der Waals surface area contributed by atoms with Crippen molar-refractivity contribution < 1.29 is 0 Å². The van der Waals surface area contributed by atoms with E-state index in [0.717, 1.165) is 41.1 Å². The lowest BCUT2D eigenvalue weighted by atomic mass is 10.2. The Morgan fingerprint density at radius 2 is 1.86 bits per heavy atom. The van der Waals surface area contributed by atoms with Crippen LogP contribution in [0.3, 0.4) is 0 Å². The molecule has 2 rings (SSSR count). The smallest absolute Gasteiger partial charge is 0.133 e. The Labute approximate surface area is 139 Å². The Morgan fingerprint density at radius 3 is 2.52 bits per heavy atom. The van der Waals surface area contributed by atoms with E-state index in [1.54, 1.807) is 18.1 Å². The Hall–Kier alpha value is -1.07. The van der Waals surface area contributed by atoms with E-state index in [1.165, 1.54) is 10.5 Å². The average molecular weight is 366 g/mol. The zero-order chi connectivity index (χ0) is 15.1. The highest BCUT2D eigenvalue weighted by atomic mass is 79.9. The molecule has 0 amide bonds. The summed E-state index contributed by atoms with van der Waals surface area (Å²) in [5.74, 6) is 0.980. The maximum Gasteiger partial charge on any atom is 0.133 e. The van der Waals surface area contributed by atoms with Crippen molar-refractivity contribution in [3.63, 3.8) is 0 Å². The van der Waals surface area contributed by atoms with Crippen molar-refractivity contribution in [3.05, 3.63) is 40.6 Å². The van der Waals surface area contributed by atoms with Gasteiger partial charge in [-0.2, -0.15) is 0 Å². The maximum absolute atomic E-state index is 4.48. The van der Waals surface area contributed by atoms with E-state index in [-0.39, 0.29) is 0 Å². The molecule has 0 unspecified atom stereocenters. The van der Waals surface area contributed by atoms with Crippen LogP contribution in [-0.4, -0.2) is 16.5 Å². The predicted molar refractivity (Wildman–Crippen MR) is 93.1 cm³/mol. The van der Waals surface area contributed by atoms with E-state index in [2.05, 4.69) is 69.3 Å². The predicted octanol–water partition coefficient (Wildman–Crippen LogP) is 5.16. The van der Waals surface area contributed by atoms with Crippen LogP contribution < -0.4 is 5.32 Å². The van der Waals surface area contributed by atoms with Crippen LogP contribution in [0.4, 0.5) is 5.82 Å². The third-order valence-corrected chi connectivity index (χ3v) is 4.56. The Kier molecular flexibility index (Phi) is 6.51. The van der Waals surface area contributed by atoms with Crippen LogP contribution in [-0.2, 0) is 6.42 Å². The third kappa shape index (κ3) is 4.71. The monoisotopic (exact) mass is 365 g/mol. The topological polar surface area (TPSA) is 37.8 Å². The SMILES string of the molecule is CCCNc1ncnc(Sc2ccc(Br)cc2)c1CCC. The van der Waals surface area contributed by atoms with Crippen molar-refractivity contribution in [2.24, 2.45) is 0 Å². The molecule has 0 spiro atoms. The number of halogens is 1. The molecule has 5 heteroatoms. The summed E-state index contributed by atoms with van der Waals surface area (Å²) in [5.41, 5.74) is 1.22. The molecule has 0 saturated carbocycles. The second-order valence-corrected chi connectivity index (χ2v) is 6.72. The molecule has 1 N–H and O–H groups in total. The highest BCUT2D eigenvalue weighted by Gasteiger charge is 2.11. The minimum atomic E-state index is 0.941. The van der Waals surface area contributed by atoms with Crippen molar-refractivity contribution in [2.45, 2.75) is 43.0 Å². The highest BCUT2D eigenvalue weighted by Crippen LogP contribution is 2.32. The molecule has 0 aliphatic carbocycles. The summed E-state index contributed by atoms with van der Waals surface area (Å²) in [7, 11) is 0. The van der Waals surface area contributed by atoms with Crippen LogP contribution in [0.25, 0.3) is 0 Å². The fourth-order valence-corrected chi connectivity index (χ4v) is 3.15. The van der Waals surface area contributed by atoms with Gasteiger partial charge in [0.25, 0.3) is 0 Å². The molecular formula is C16H20BrN3S. The summed E-state index contributed by atoms with van der Waals surface area (Å²) in [6.45, 7) is 5.28. The molecule has 3 nitrogen and oxygen atoms in total. The van der Waals surface area contributed by atoms with E-state index in [4.69, 9.17) is 0 Å². The number of hydrogen-bond donors (Lipinski definition) is 1. The molecule has 1 aromatic heterocycles. The normalized spacial score (nSPS) is 10.6. The fourth-order valence-electron chi connectivity index (χ4n) is 1.97. The molecule has 2 aromatic rings. The van der Waals surface area contributed by atoms with Gasteiger partial charge in [0.05, 0.1) is 0 Å². The standard InChI is InChI=1S/C16H20BrN3S/c1-3-5-14-15(18-10-4-2)19-11-20-16(14)21-13-8-6-12(17)7-9-13/h6-9,11H,3-5,10H2,1-2H3,(H,18,19,20). The molecule has 0 saturated heterocycles. The fraction of sp³-hybridized carbons (Fsp3) is 0.375. The van der Waals surface area contributed by atoms with Crippen LogP contribution in [0.5, 0.6) is 0 Å². The van der Waals surface area contributed by atoms with Gasteiger partial charge in [-0.1, -0.05) is 48.0 Å². The van der Waals surface area contributed by atoms with Gasteiger partial charge in [0.1, 0.15) is 17.2 Å². The Morgan fingerprint density at radius 1 is 1.10 bits per heavy atom. The van der Waals surface area contributed by atoms with Crippen molar-refractivity contribution >= 4 is 33.5 Å². The molecule has 0 atom stereocenters. The van der Waals surface area contributed by atoms with E-state index in [0.29, 0.717) is 0 Å². The zero-order valence-corrected chi connectivity index (χ0v) is 14.8. The molecular weight excluding hydrogens is 346 g/mol. The van der Waals surface area contributed by atoms with E-state index in [9.17, 15) is 0 Å². The van der Waals surface area contributed by atoms with E-state index >= 15 is 0 Å². The molecule has 21 heavy (non-hydrogen) atoms. The third-order valence-electron chi connectivity index (χ3n) is 2.98. The minimum Gasteiger partial charge on any atom is -0.370 e. The van der Waals surface area contributed by atoms with Gasteiger partial charge in [-0.15, -0.1) is 0 Å². The number of aromatic nitrogens is 2. The summed E-state index contributed by atoms with van der Waals surface area (Å²) in [6, 6.07) is 8.32. The first-order chi connectivity index (χ1) is 10.2. The van der Waals surface area contributed by atoms with Crippen LogP contribution in [0, 0.1) is 0 Å². The molecule has 0 bridgehead atoms. The van der Waals surface area contributed by atoms with E-state index < -0.39 is 0 Å². The quantitative estimate of drug-likeness (QED) is 0.687. The summed E-state index contributed by atoms with van der Waals surface area (Å²) in [6.07, 6.45) is 4.82. The van der Waals surface area contributed by atoms with Crippen LogP contribution in [0.2, 0.25) is 0 Å². The molecule has 0 aliphatic heterocycles. The number of rotatable bonds is 7. The largest absolute Gasteiger partial charge is 0.370 e. The number of nitrogens with zero attached hydrogens (tertiary/aromatic N) is 2. The first-order valence-electron chi connectivity index (χ1n) is 7.25. The van der Waals surface area contributed by atoms with Crippen LogP contribution in [0.15, 0.2) is 45.0 Å². The van der Waals surface area contributed by atoms with Gasteiger partial charge in [-0.25, -0.2) is 9.97 Å². The lowest BCUT2D eigenvalue weighted by Gasteiger charge is -2.13. The van der Waals surface area contributed by atoms with Gasteiger partial charge in [0.2, 0.25) is 0 Å². The second-order valence-electron chi connectivity index (χ2n) is 4.74. The summed E-state index contributed by atoms with van der Waals surface area (Å²) in [5, 5.41) is 4.46. The van der Waals surface area contributed by atoms with Crippen molar-refractivity contribution in [1.82, 2.24) is 9.97 Å². The molecule has 0 aliphatic rings. The summed E-state index contributed by atoms with van der Waals surface area (Å²) < 4.78 is 1.09. The number of hydrogen-bond acceptors (Lipinski definition) is 4. The van der Waals surface area contributed by atoms with Gasteiger partial charge < -0.3 is 5.32 Å². The number of anilines is 1. The molecule has 112 valence electrons. The van der Waals surface area contributed by atoms with Crippen molar-refractivity contribution in [3.8, 4) is 0 Å². The summed E-state index contributed by atoms with van der Waals surface area (Å²) >= 11 is 5.16. The number of nitrogens with one attached hydrogen (secondary N) is 1. The lowest BCUT2D eigenvalue weighted by Crippen LogP contribution is -2.07. The maximum atomic E-state index is 4.48. The summed E-state index contributed by atoms with van der Waals surface area (Å²) in [4.78, 5) is 10.1. The van der Waals surface area contributed by atoms with Gasteiger partial charge in [0.15, 0.2) is 0 Å². The van der Waals surface area contributed by atoms with Gasteiger partial charge in [0, 0.05) is 21.5 Å². The average Bonchev–Trinajstić information content (AvgIpc) is 2.50. The van der Waals surface area contributed by atoms with Crippen molar-refractivity contribution in [1.29, 1.82) is 0 Å². The Bertz CT molecular complexity index is 572. The van der Waals surface area contributed by atoms with Crippen molar-refractivity contribution in [2.75, 3.05) is 11.9 Å². The van der Waals surface area contributed by atoms with Crippen LogP contribution >= 0.6 is 27.7 Å². The number of benzene rings is 1. The minimum absolute atomic E-state index is 0.941. The lowest BCUT2D eigenvalue weighted by molar-refractivity contribution is 0.849. The second kappa shape index (κ2) is 8.39. The van der Waals surface area contributed by atoms with Gasteiger partial charge in [-0.3, -0.25) is 0 Å². The van der Waals surface area contributed by atoms with Gasteiger partial charge in [-0.05, 0) is 37.1 Å². The van der Waals surface area contributed by atoms with E-state index in [1.807, 2.05) is 0 Å². The molecule has 0 fully saturated rings. The highest BCUT2D eigenvalue weighted by molar-refractivity contribution is 9.10. The Balaban J connectivity index is 2.26. The molecule has 0 radical (unpaired) electrons. The van der Waals surface area contributed by atoms with Crippen LogP contribution in [0.1, 0.15) is 32.3 Å². The first-order valence-corrected chi connectivity index (χ1v) is 8.86.